The van der Waals surface area contributed by atoms with Gasteiger partial charge >= 0.3 is 0 Å². The zero-order chi connectivity index (χ0) is 41.4. The van der Waals surface area contributed by atoms with Crippen LogP contribution in [0.3, 0.4) is 0 Å². The summed E-state index contributed by atoms with van der Waals surface area (Å²) in [5.74, 6) is 0. The van der Waals surface area contributed by atoms with Gasteiger partial charge < -0.3 is 13.9 Å². The summed E-state index contributed by atoms with van der Waals surface area (Å²) in [7, 11) is 0. The summed E-state index contributed by atoms with van der Waals surface area (Å²) in [5.41, 5.74) is 13.1. The number of furan rings is 1. The molecule has 0 unspecified atom stereocenters. The Morgan fingerprint density at radius 1 is 0.349 bits per heavy atom. The van der Waals surface area contributed by atoms with Gasteiger partial charge in [-0.15, -0.1) is 0 Å². The smallest absolute Gasteiger partial charge is 0.145 e. The molecule has 13 aromatic rings. The van der Waals surface area contributed by atoms with Crippen LogP contribution in [-0.4, -0.2) is 4.57 Å². The number of nitrogens with zero attached hydrogens (tertiary/aromatic N) is 2. The summed E-state index contributed by atoms with van der Waals surface area (Å²) in [4.78, 5) is 2.41. The number of aromatic nitrogens is 1. The van der Waals surface area contributed by atoms with E-state index in [1.54, 1.807) is 0 Å². The first-order valence-electron chi connectivity index (χ1n) is 21.6. The lowest BCUT2D eigenvalue weighted by atomic mass is 9.95. The lowest BCUT2D eigenvalue weighted by Gasteiger charge is -2.27. The van der Waals surface area contributed by atoms with E-state index in [1.165, 1.54) is 59.7 Å². The van der Waals surface area contributed by atoms with E-state index in [0.29, 0.717) is 0 Å². The Kier molecular flexibility index (Phi) is 7.91. The molecule has 0 aliphatic carbocycles. The van der Waals surface area contributed by atoms with Gasteiger partial charge in [0.2, 0.25) is 0 Å². The number of anilines is 3. The van der Waals surface area contributed by atoms with E-state index in [4.69, 9.17) is 4.42 Å². The van der Waals surface area contributed by atoms with Crippen LogP contribution in [0, 0.1) is 0 Å². The maximum Gasteiger partial charge on any atom is 0.145 e. The Hall–Kier alpha value is -8.40. The maximum absolute atomic E-state index is 6.91. The van der Waals surface area contributed by atoms with Gasteiger partial charge in [0.15, 0.2) is 0 Å². The minimum Gasteiger partial charge on any atom is -0.455 e. The molecule has 0 atom stereocenters. The van der Waals surface area contributed by atoms with Crippen molar-refractivity contribution in [2.45, 2.75) is 0 Å². The molecule has 0 fully saturated rings. The Balaban J connectivity index is 1.01. The van der Waals surface area contributed by atoms with Crippen LogP contribution < -0.4 is 4.90 Å². The minimum atomic E-state index is 0.866. The summed E-state index contributed by atoms with van der Waals surface area (Å²) in [5, 5.41) is 12.0. The van der Waals surface area contributed by atoms with Gasteiger partial charge in [-0.2, -0.15) is 0 Å². The van der Waals surface area contributed by atoms with Crippen molar-refractivity contribution in [2.75, 3.05) is 4.90 Å². The van der Waals surface area contributed by atoms with Crippen molar-refractivity contribution in [3.8, 4) is 27.9 Å². The highest BCUT2D eigenvalue weighted by molar-refractivity contribution is 6.19. The van der Waals surface area contributed by atoms with Crippen LogP contribution in [-0.2, 0) is 0 Å². The molecule has 2 aromatic heterocycles. The summed E-state index contributed by atoms with van der Waals surface area (Å²) in [6.45, 7) is 0. The second-order valence-corrected chi connectivity index (χ2v) is 16.5. The second-order valence-electron chi connectivity index (χ2n) is 16.5. The van der Waals surface area contributed by atoms with E-state index >= 15 is 0 Å². The molecule has 0 saturated carbocycles. The number of rotatable bonds is 6. The Morgan fingerprint density at radius 3 is 1.84 bits per heavy atom. The monoisotopic (exact) mass is 802 g/mol. The number of hydrogen-bond acceptors (Lipinski definition) is 2. The summed E-state index contributed by atoms with van der Waals surface area (Å²) in [6, 6.07) is 83.4. The molecule has 0 saturated heterocycles. The number of hydrogen-bond donors (Lipinski definition) is 0. The molecule has 0 aliphatic rings. The lowest BCUT2D eigenvalue weighted by molar-refractivity contribution is 0.670. The largest absolute Gasteiger partial charge is 0.455 e. The van der Waals surface area contributed by atoms with Gasteiger partial charge in [0.05, 0.1) is 22.1 Å². The summed E-state index contributed by atoms with van der Waals surface area (Å²) < 4.78 is 9.28. The fraction of sp³-hybridized carbons (Fsp3) is 0. The van der Waals surface area contributed by atoms with Crippen LogP contribution in [0.5, 0.6) is 0 Å². The highest BCUT2D eigenvalue weighted by Gasteiger charge is 2.23. The van der Waals surface area contributed by atoms with Crippen molar-refractivity contribution >= 4 is 93.1 Å². The van der Waals surface area contributed by atoms with Crippen LogP contribution in [0.4, 0.5) is 17.1 Å². The van der Waals surface area contributed by atoms with E-state index in [-0.39, 0.29) is 0 Å². The third-order valence-electron chi connectivity index (χ3n) is 13.0. The highest BCUT2D eigenvalue weighted by Crippen LogP contribution is 2.48. The molecule has 0 N–H and O–H groups in total. The Bertz CT molecular complexity index is 3910. The molecule has 11 aromatic carbocycles. The van der Waals surface area contributed by atoms with Crippen LogP contribution in [0.2, 0.25) is 0 Å². The van der Waals surface area contributed by atoms with Gasteiger partial charge in [-0.1, -0.05) is 158 Å². The molecule has 13 rings (SSSR count). The zero-order valence-corrected chi connectivity index (χ0v) is 34.2. The normalized spacial score (nSPS) is 11.8. The topological polar surface area (TPSA) is 21.3 Å². The second kappa shape index (κ2) is 14.1. The molecule has 0 bridgehead atoms. The van der Waals surface area contributed by atoms with Crippen LogP contribution in [0.15, 0.2) is 235 Å². The summed E-state index contributed by atoms with van der Waals surface area (Å²) >= 11 is 0. The van der Waals surface area contributed by atoms with E-state index in [0.717, 1.165) is 61.4 Å². The molecular weight excluding hydrogens is 765 g/mol. The first-order chi connectivity index (χ1) is 31.2. The van der Waals surface area contributed by atoms with Gasteiger partial charge in [0.25, 0.3) is 0 Å². The van der Waals surface area contributed by atoms with Crippen molar-refractivity contribution in [1.82, 2.24) is 4.57 Å². The molecule has 3 nitrogen and oxygen atoms in total. The third kappa shape index (κ3) is 5.60. The van der Waals surface area contributed by atoms with Crippen LogP contribution in [0.1, 0.15) is 0 Å². The van der Waals surface area contributed by atoms with Crippen LogP contribution in [0.25, 0.3) is 104 Å². The fourth-order valence-corrected chi connectivity index (χ4v) is 10.0. The number of benzene rings is 11. The average molecular weight is 803 g/mol. The molecule has 63 heavy (non-hydrogen) atoms. The quantitative estimate of drug-likeness (QED) is 0.156. The Morgan fingerprint density at radius 2 is 0.984 bits per heavy atom. The van der Waals surface area contributed by atoms with Gasteiger partial charge in [-0.25, -0.2) is 0 Å². The van der Waals surface area contributed by atoms with Crippen molar-refractivity contribution in [1.29, 1.82) is 0 Å². The van der Waals surface area contributed by atoms with Crippen molar-refractivity contribution in [2.24, 2.45) is 0 Å². The number of para-hydroxylation sites is 3. The highest BCUT2D eigenvalue weighted by atomic mass is 16.3. The molecule has 2 heterocycles. The zero-order valence-electron chi connectivity index (χ0n) is 34.2. The predicted molar refractivity (Wildman–Crippen MR) is 266 cm³/mol. The van der Waals surface area contributed by atoms with Gasteiger partial charge in [-0.05, 0) is 122 Å². The Labute approximate surface area is 363 Å². The van der Waals surface area contributed by atoms with E-state index in [9.17, 15) is 0 Å². The first kappa shape index (κ1) is 35.4. The van der Waals surface area contributed by atoms with Crippen LogP contribution >= 0.6 is 0 Å². The van der Waals surface area contributed by atoms with Gasteiger partial charge in [0.1, 0.15) is 11.2 Å². The van der Waals surface area contributed by atoms with E-state index < -0.39 is 0 Å². The lowest BCUT2D eigenvalue weighted by Crippen LogP contribution is -2.10. The van der Waals surface area contributed by atoms with Crippen molar-refractivity contribution < 1.29 is 4.42 Å². The van der Waals surface area contributed by atoms with Crippen molar-refractivity contribution in [3.63, 3.8) is 0 Å². The molecule has 0 amide bonds. The standard InChI is InChI=1S/C60H38N2O/c1-2-16-44(17-3-1)62-55-23-10-8-20-51(55)54-38-42(29-35-56(54)62)39-27-30-45(31-28-39)61(46-32-33-49-43(37-46)26-25-41-14-5-6-18-47(41)49)57-36-34-52(50-22-12-15-40-13-4-7-19-48(40)50)60-59(57)53-21-9-11-24-58(53)63-60/h1-38H. The van der Waals surface area contributed by atoms with Gasteiger partial charge in [-0.3, -0.25) is 0 Å². The molecule has 0 spiro atoms. The number of fused-ring (bicyclic) bond motifs is 10. The molecule has 0 aliphatic heterocycles. The minimum absolute atomic E-state index is 0.866. The van der Waals surface area contributed by atoms with E-state index in [1.807, 2.05) is 0 Å². The van der Waals surface area contributed by atoms with Gasteiger partial charge in [0, 0.05) is 38.8 Å². The fourth-order valence-electron chi connectivity index (χ4n) is 10.0. The molecule has 294 valence electrons. The average Bonchev–Trinajstić information content (AvgIpc) is 3.91. The third-order valence-corrected chi connectivity index (χ3v) is 13.0. The molecule has 3 heteroatoms. The molecule has 0 radical (unpaired) electrons. The first-order valence-corrected chi connectivity index (χ1v) is 21.6. The molecular formula is C60H38N2O. The van der Waals surface area contributed by atoms with Crippen molar-refractivity contribution in [3.05, 3.63) is 231 Å². The maximum atomic E-state index is 6.91. The van der Waals surface area contributed by atoms with E-state index in [2.05, 4.69) is 240 Å². The summed E-state index contributed by atoms with van der Waals surface area (Å²) in [6.07, 6.45) is 0. The predicted octanol–water partition coefficient (Wildman–Crippen LogP) is 16.9. The SMILES string of the molecule is c1ccc(-n2c3ccccc3c3cc(-c4ccc(N(c5ccc6c(ccc7ccccc76)c5)c5ccc(-c6cccc7ccccc67)c6oc7ccccc7c56)cc4)ccc32)cc1.